The first-order valence-corrected chi connectivity index (χ1v) is 4.16. The molecule has 1 aromatic rings. The van der Waals surface area contributed by atoms with Crippen molar-refractivity contribution in [2.75, 3.05) is 0 Å². The average molecular weight is 170 g/mol. The molecule has 1 heteroatoms. The van der Waals surface area contributed by atoms with Crippen LogP contribution in [0.2, 0.25) is 0 Å². The molecule has 0 unspecified atom stereocenters. The van der Waals surface area contributed by atoms with Crippen molar-refractivity contribution in [3.05, 3.63) is 60.9 Å². The third kappa shape index (κ3) is 1.54. The molecule has 0 fully saturated rings. The van der Waals surface area contributed by atoms with E-state index in [1.165, 1.54) is 0 Å². The van der Waals surface area contributed by atoms with Crippen LogP contribution < -0.4 is 4.74 Å². The predicted octanol–water partition coefficient (Wildman–Crippen LogP) is 3.16. The Balaban J connectivity index is 2.54. The Morgan fingerprint density at radius 3 is 2.85 bits per heavy atom. The number of hydrogen-bond acceptors (Lipinski definition) is 1. The number of allylic oxidation sites excluding steroid dienone is 4. The minimum Gasteiger partial charge on any atom is -0.464 e. The maximum Gasteiger partial charge on any atom is 0.134 e. The molecule has 0 spiro atoms. The molecule has 0 aliphatic carbocycles. The molecular weight excluding hydrogens is 160 g/mol. The third-order valence-corrected chi connectivity index (χ3v) is 1.92. The van der Waals surface area contributed by atoms with E-state index < -0.39 is 0 Å². The summed E-state index contributed by atoms with van der Waals surface area (Å²) in [6.07, 6.45) is 7.40. The fraction of sp³-hybridized carbons (Fsp3) is 0. The zero-order valence-electron chi connectivity index (χ0n) is 7.23. The Morgan fingerprint density at radius 2 is 1.92 bits per heavy atom. The first-order valence-electron chi connectivity index (χ1n) is 4.16. The topological polar surface area (TPSA) is 9.23 Å². The molecule has 0 saturated carbocycles. The summed E-state index contributed by atoms with van der Waals surface area (Å²) in [5.74, 6) is 0.855. The van der Waals surface area contributed by atoms with Crippen molar-refractivity contribution in [2.45, 2.75) is 0 Å². The first-order chi connectivity index (χ1) is 6.38. The molecule has 2 rings (SSSR count). The zero-order valence-corrected chi connectivity index (χ0v) is 7.23. The van der Waals surface area contributed by atoms with Gasteiger partial charge in [-0.05, 0) is 17.7 Å². The fourth-order valence-electron chi connectivity index (χ4n) is 1.25. The second-order valence-electron chi connectivity index (χ2n) is 2.83. The highest BCUT2D eigenvalue weighted by Gasteiger charge is 2.03. The Bertz CT molecular complexity index is 386. The smallest absolute Gasteiger partial charge is 0.134 e. The van der Waals surface area contributed by atoms with Crippen LogP contribution in [0.5, 0.6) is 5.75 Å². The Hall–Kier alpha value is -1.76. The summed E-state index contributed by atoms with van der Waals surface area (Å²) in [5.41, 5.74) is 2.02. The van der Waals surface area contributed by atoms with Gasteiger partial charge in [-0.1, -0.05) is 36.9 Å². The van der Waals surface area contributed by atoms with Crippen LogP contribution in [0, 0.1) is 0 Å². The van der Waals surface area contributed by atoms with Gasteiger partial charge >= 0.3 is 0 Å². The number of rotatable bonds is 0. The molecule has 1 nitrogen and oxygen atoms in total. The Morgan fingerprint density at radius 1 is 1.08 bits per heavy atom. The van der Waals surface area contributed by atoms with Gasteiger partial charge in [0.1, 0.15) is 5.75 Å². The molecule has 0 N–H and O–H groups in total. The van der Waals surface area contributed by atoms with Gasteiger partial charge in [-0.2, -0.15) is 0 Å². The van der Waals surface area contributed by atoms with Crippen molar-refractivity contribution in [3.63, 3.8) is 0 Å². The van der Waals surface area contributed by atoms with Crippen LogP contribution in [0.1, 0.15) is 5.56 Å². The summed E-state index contributed by atoms with van der Waals surface area (Å²) in [5, 5.41) is 0. The predicted molar refractivity (Wildman–Crippen MR) is 54.4 cm³/mol. The molecule has 0 saturated heterocycles. The summed E-state index contributed by atoms with van der Waals surface area (Å²) in [6.45, 7) is 3.96. The Labute approximate surface area is 77.7 Å². The van der Waals surface area contributed by atoms with Crippen molar-refractivity contribution in [1.29, 1.82) is 0 Å². The average Bonchev–Trinajstić information content (AvgIpc) is 2.14. The number of benzene rings is 1. The van der Waals surface area contributed by atoms with Crippen molar-refractivity contribution in [3.8, 4) is 5.75 Å². The summed E-state index contributed by atoms with van der Waals surface area (Å²) in [4.78, 5) is 0. The van der Waals surface area contributed by atoms with Gasteiger partial charge in [0, 0.05) is 5.56 Å². The van der Waals surface area contributed by atoms with E-state index in [0.29, 0.717) is 0 Å². The summed E-state index contributed by atoms with van der Waals surface area (Å²) >= 11 is 0. The summed E-state index contributed by atoms with van der Waals surface area (Å²) < 4.78 is 5.41. The lowest BCUT2D eigenvalue weighted by Crippen LogP contribution is -1.90. The largest absolute Gasteiger partial charge is 0.464 e. The molecule has 1 heterocycles. The van der Waals surface area contributed by atoms with E-state index in [4.69, 9.17) is 4.74 Å². The lowest BCUT2D eigenvalue weighted by Gasteiger charge is -2.09. The maximum absolute atomic E-state index is 5.41. The van der Waals surface area contributed by atoms with Gasteiger partial charge in [0.15, 0.2) is 0 Å². The first kappa shape index (κ1) is 7.87. The van der Waals surface area contributed by atoms with Gasteiger partial charge in [-0.3, -0.25) is 0 Å². The van der Waals surface area contributed by atoms with Crippen molar-refractivity contribution < 1.29 is 4.74 Å². The number of para-hydroxylation sites is 1. The highest BCUT2D eigenvalue weighted by Crippen LogP contribution is 2.26. The van der Waals surface area contributed by atoms with Crippen LogP contribution in [-0.2, 0) is 0 Å². The molecule has 13 heavy (non-hydrogen) atoms. The molecule has 0 amide bonds. The van der Waals surface area contributed by atoms with E-state index in [1.807, 2.05) is 42.5 Å². The normalized spacial score (nSPS) is 19.2. The molecular formula is C12H10O. The number of ether oxygens (including phenoxy) is 1. The highest BCUT2D eigenvalue weighted by atomic mass is 16.5. The second kappa shape index (κ2) is 3.31. The van der Waals surface area contributed by atoms with E-state index >= 15 is 0 Å². The molecule has 0 bridgehead atoms. The van der Waals surface area contributed by atoms with Gasteiger partial charge < -0.3 is 4.74 Å². The van der Waals surface area contributed by atoms with Crippen molar-refractivity contribution >= 4 is 5.57 Å². The SMILES string of the molecule is C=C1/C=C\C=C/Oc2ccccc21. The van der Waals surface area contributed by atoms with Crippen molar-refractivity contribution in [2.24, 2.45) is 0 Å². The highest BCUT2D eigenvalue weighted by molar-refractivity contribution is 5.76. The van der Waals surface area contributed by atoms with Crippen LogP contribution in [0.4, 0.5) is 0 Å². The molecule has 1 aliphatic heterocycles. The molecule has 0 radical (unpaired) electrons. The van der Waals surface area contributed by atoms with Gasteiger partial charge in [0.2, 0.25) is 0 Å². The molecule has 1 aromatic carbocycles. The van der Waals surface area contributed by atoms with Gasteiger partial charge in [-0.15, -0.1) is 0 Å². The van der Waals surface area contributed by atoms with Crippen LogP contribution in [0.3, 0.4) is 0 Å². The second-order valence-corrected chi connectivity index (χ2v) is 2.83. The lowest BCUT2D eigenvalue weighted by atomic mass is 10.1. The van der Waals surface area contributed by atoms with Crippen LogP contribution in [0.15, 0.2) is 55.3 Å². The van der Waals surface area contributed by atoms with Gasteiger partial charge in [-0.25, -0.2) is 0 Å². The van der Waals surface area contributed by atoms with E-state index in [1.54, 1.807) is 6.26 Å². The fourth-order valence-corrected chi connectivity index (χ4v) is 1.25. The summed E-state index contributed by atoms with van der Waals surface area (Å²) in [6, 6.07) is 7.86. The van der Waals surface area contributed by atoms with E-state index in [-0.39, 0.29) is 0 Å². The third-order valence-electron chi connectivity index (χ3n) is 1.92. The van der Waals surface area contributed by atoms with Crippen LogP contribution in [0.25, 0.3) is 5.57 Å². The Kier molecular flexibility index (Phi) is 2.01. The lowest BCUT2D eigenvalue weighted by molar-refractivity contribution is 0.479. The molecule has 64 valence electrons. The van der Waals surface area contributed by atoms with Gasteiger partial charge in [0.25, 0.3) is 0 Å². The van der Waals surface area contributed by atoms with Gasteiger partial charge in [0.05, 0.1) is 6.26 Å². The van der Waals surface area contributed by atoms with E-state index in [0.717, 1.165) is 16.9 Å². The molecule has 0 atom stereocenters. The minimum absolute atomic E-state index is 0.855. The number of hydrogen-bond donors (Lipinski definition) is 0. The van der Waals surface area contributed by atoms with Crippen molar-refractivity contribution in [1.82, 2.24) is 0 Å². The number of fused-ring (bicyclic) bond motifs is 1. The van der Waals surface area contributed by atoms with Crippen LogP contribution >= 0.6 is 0 Å². The van der Waals surface area contributed by atoms with E-state index in [9.17, 15) is 0 Å². The molecule has 0 aromatic heterocycles. The van der Waals surface area contributed by atoms with E-state index in [2.05, 4.69) is 6.58 Å². The van der Waals surface area contributed by atoms with Crippen LogP contribution in [-0.4, -0.2) is 0 Å². The quantitative estimate of drug-likeness (QED) is 0.581. The zero-order chi connectivity index (χ0) is 9.10. The summed E-state index contributed by atoms with van der Waals surface area (Å²) in [7, 11) is 0. The standard InChI is InChI=1S/C12H10O/c1-10-6-4-5-9-13-12-8-3-2-7-11(10)12/h2-9H,1H2/b6-4-,9-5-. The monoisotopic (exact) mass is 170 g/mol. The maximum atomic E-state index is 5.41. The molecule has 1 aliphatic rings. The minimum atomic E-state index is 0.855.